The van der Waals surface area contributed by atoms with E-state index < -0.39 is 0 Å². The van der Waals surface area contributed by atoms with Crippen LogP contribution in [0, 0.1) is 6.20 Å². The van der Waals surface area contributed by atoms with E-state index in [1.165, 1.54) is 0 Å². The summed E-state index contributed by atoms with van der Waals surface area (Å²) < 4.78 is 0. The largest absolute Gasteiger partial charge is 0.395 e. The SMILES string of the molecule is OC[C@H]1CC(c2cc[c]nn2)CN1. The van der Waals surface area contributed by atoms with Crippen LogP contribution in [-0.2, 0) is 0 Å². The minimum absolute atomic E-state index is 0.197. The lowest BCUT2D eigenvalue weighted by molar-refractivity contribution is 0.254. The van der Waals surface area contributed by atoms with Crippen molar-refractivity contribution in [1.29, 1.82) is 0 Å². The molecule has 0 aromatic carbocycles. The molecule has 69 valence electrons. The first kappa shape index (κ1) is 8.59. The van der Waals surface area contributed by atoms with Gasteiger partial charge < -0.3 is 10.4 Å². The fraction of sp³-hybridized carbons (Fsp3) is 0.556. The molecule has 1 fully saturated rings. The van der Waals surface area contributed by atoms with Crippen molar-refractivity contribution in [3.8, 4) is 0 Å². The van der Waals surface area contributed by atoms with Gasteiger partial charge in [0.15, 0.2) is 0 Å². The minimum Gasteiger partial charge on any atom is -0.395 e. The predicted molar refractivity (Wildman–Crippen MR) is 47.1 cm³/mol. The number of aromatic nitrogens is 2. The Labute approximate surface area is 77.0 Å². The van der Waals surface area contributed by atoms with Crippen LogP contribution in [0.5, 0.6) is 0 Å². The first-order valence-electron chi connectivity index (χ1n) is 4.44. The Bertz CT molecular complexity index is 265. The van der Waals surface area contributed by atoms with Crippen molar-refractivity contribution in [2.75, 3.05) is 13.2 Å². The summed E-state index contributed by atoms with van der Waals surface area (Å²) in [6, 6.07) is 3.92. The molecular formula is C9H12N3O. The molecule has 0 saturated carbocycles. The molecule has 1 saturated heterocycles. The zero-order valence-electron chi connectivity index (χ0n) is 7.27. The molecule has 2 atom stereocenters. The molecule has 2 heterocycles. The topological polar surface area (TPSA) is 58.0 Å². The van der Waals surface area contributed by atoms with Gasteiger partial charge in [0.1, 0.15) is 6.20 Å². The number of nitrogens with zero attached hydrogens (tertiary/aromatic N) is 2. The van der Waals surface area contributed by atoms with Gasteiger partial charge in [-0.15, -0.1) is 5.10 Å². The van der Waals surface area contributed by atoms with Crippen molar-refractivity contribution < 1.29 is 5.11 Å². The van der Waals surface area contributed by atoms with Gasteiger partial charge in [0, 0.05) is 18.5 Å². The summed E-state index contributed by atoms with van der Waals surface area (Å²) in [5, 5.41) is 19.9. The highest BCUT2D eigenvalue weighted by atomic mass is 16.3. The average Bonchev–Trinajstić information content (AvgIpc) is 2.67. The molecule has 0 amide bonds. The second kappa shape index (κ2) is 3.81. The van der Waals surface area contributed by atoms with Gasteiger partial charge in [-0.1, -0.05) is 0 Å². The minimum atomic E-state index is 0.197. The number of aliphatic hydroxyl groups excluding tert-OH is 1. The maximum absolute atomic E-state index is 8.93. The number of rotatable bonds is 2. The Balaban J connectivity index is 2.04. The van der Waals surface area contributed by atoms with E-state index in [9.17, 15) is 0 Å². The van der Waals surface area contributed by atoms with Crippen molar-refractivity contribution in [1.82, 2.24) is 15.5 Å². The predicted octanol–water partition coefficient (Wildman–Crippen LogP) is -0.285. The first-order valence-corrected chi connectivity index (χ1v) is 4.44. The molecule has 2 N–H and O–H groups in total. The van der Waals surface area contributed by atoms with Crippen LogP contribution >= 0.6 is 0 Å². The number of hydrogen-bond acceptors (Lipinski definition) is 4. The van der Waals surface area contributed by atoms with Gasteiger partial charge in [-0.25, -0.2) is 0 Å². The normalized spacial score (nSPS) is 27.8. The Hall–Kier alpha value is -1.00. The van der Waals surface area contributed by atoms with Crippen LogP contribution in [0.1, 0.15) is 18.0 Å². The van der Waals surface area contributed by atoms with Crippen LogP contribution in [0.4, 0.5) is 0 Å². The number of hydrogen-bond donors (Lipinski definition) is 2. The van der Waals surface area contributed by atoms with Crippen molar-refractivity contribution in [2.45, 2.75) is 18.4 Å². The molecule has 1 aromatic heterocycles. The Morgan fingerprint density at radius 1 is 1.69 bits per heavy atom. The molecule has 2 rings (SSSR count). The number of aliphatic hydroxyl groups is 1. The van der Waals surface area contributed by atoms with E-state index in [0.717, 1.165) is 18.7 Å². The van der Waals surface area contributed by atoms with E-state index >= 15 is 0 Å². The molecule has 0 spiro atoms. The van der Waals surface area contributed by atoms with Gasteiger partial charge in [0.05, 0.1) is 12.3 Å². The van der Waals surface area contributed by atoms with Crippen molar-refractivity contribution >= 4 is 0 Å². The second-order valence-electron chi connectivity index (χ2n) is 3.31. The molecule has 0 aliphatic carbocycles. The Kier molecular flexibility index (Phi) is 2.52. The molecule has 4 heteroatoms. The van der Waals surface area contributed by atoms with Crippen molar-refractivity contribution in [2.24, 2.45) is 0 Å². The third-order valence-corrected chi connectivity index (χ3v) is 2.41. The van der Waals surface area contributed by atoms with Gasteiger partial charge >= 0.3 is 0 Å². The maximum Gasteiger partial charge on any atom is 0.113 e. The monoisotopic (exact) mass is 178 g/mol. The molecular weight excluding hydrogens is 166 g/mol. The third kappa shape index (κ3) is 1.84. The van der Waals surface area contributed by atoms with Gasteiger partial charge in [-0.05, 0) is 18.6 Å². The van der Waals surface area contributed by atoms with Crippen LogP contribution in [0.25, 0.3) is 0 Å². The van der Waals surface area contributed by atoms with Gasteiger partial charge in [0.2, 0.25) is 0 Å². The molecule has 1 aliphatic rings. The summed E-state index contributed by atoms with van der Waals surface area (Å²) in [7, 11) is 0. The lowest BCUT2D eigenvalue weighted by Gasteiger charge is -2.05. The van der Waals surface area contributed by atoms with E-state index in [-0.39, 0.29) is 12.6 Å². The number of nitrogens with one attached hydrogen (secondary N) is 1. The van der Waals surface area contributed by atoms with Crippen LogP contribution < -0.4 is 5.32 Å². The summed E-state index contributed by atoms with van der Waals surface area (Å²) in [6.07, 6.45) is 3.59. The lowest BCUT2D eigenvalue weighted by Crippen LogP contribution is -2.24. The van der Waals surface area contributed by atoms with E-state index in [1.807, 2.05) is 6.07 Å². The van der Waals surface area contributed by atoms with Crippen LogP contribution in [0.2, 0.25) is 0 Å². The van der Waals surface area contributed by atoms with Crippen LogP contribution in [-0.4, -0.2) is 34.5 Å². The van der Waals surface area contributed by atoms with Gasteiger partial charge in [0.25, 0.3) is 0 Å². The highest BCUT2D eigenvalue weighted by molar-refractivity contribution is 5.09. The third-order valence-electron chi connectivity index (χ3n) is 2.41. The quantitative estimate of drug-likeness (QED) is 0.653. The van der Waals surface area contributed by atoms with E-state index in [1.54, 1.807) is 6.07 Å². The summed E-state index contributed by atoms with van der Waals surface area (Å²) in [4.78, 5) is 0. The standard InChI is InChI=1S/C9H12N3O/c13-6-8-4-7(5-10-8)9-2-1-3-11-12-9/h1-2,7-8,10,13H,4-6H2/t7?,8-/m1/s1. The van der Waals surface area contributed by atoms with Gasteiger partial charge in [-0.2, -0.15) is 5.10 Å². The summed E-state index contributed by atoms with van der Waals surface area (Å²) in [6.45, 7) is 1.08. The summed E-state index contributed by atoms with van der Waals surface area (Å²) in [5.41, 5.74) is 0.988. The molecule has 13 heavy (non-hydrogen) atoms. The van der Waals surface area contributed by atoms with E-state index in [0.29, 0.717) is 5.92 Å². The molecule has 4 nitrogen and oxygen atoms in total. The smallest absolute Gasteiger partial charge is 0.113 e. The molecule has 1 aliphatic heterocycles. The average molecular weight is 178 g/mol. The fourth-order valence-corrected chi connectivity index (χ4v) is 1.68. The molecule has 0 bridgehead atoms. The van der Waals surface area contributed by atoms with Gasteiger partial charge in [-0.3, -0.25) is 0 Å². The van der Waals surface area contributed by atoms with E-state index in [2.05, 4.69) is 21.7 Å². The first-order chi connectivity index (χ1) is 6.40. The highest BCUT2D eigenvalue weighted by Gasteiger charge is 2.25. The second-order valence-corrected chi connectivity index (χ2v) is 3.31. The van der Waals surface area contributed by atoms with Crippen LogP contribution in [0.15, 0.2) is 12.1 Å². The summed E-state index contributed by atoms with van der Waals surface area (Å²) >= 11 is 0. The van der Waals surface area contributed by atoms with Crippen molar-refractivity contribution in [3.05, 3.63) is 24.0 Å². The molecule has 1 unspecified atom stereocenters. The fourth-order valence-electron chi connectivity index (χ4n) is 1.68. The Morgan fingerprint density at radius 3 is 3.23 bits per heavy atom. The maximum atomic E-state index is 8.93. The van der Waals surface area contributed by atoms with E-state index in [4.69, 9.17) is 5.11 Å². The Morgan fingerprint density at radius 2 is 2.62 bits per heavy atom. The zero-order valence-corrected chi connectivity index (χ0v) is 7.27. The lowest BCUT2D eigenvalue weighted by atomic mass is 10.0. The van der Waals surface area contributed by atoms with Crippen molar-refractivity contribution in [3.63, 3.8) is 0 Å². The summed E-state index contributed by atoms with van der Waals surface area (Å²) in [5.74, 6) is 0.388. The zero-order chi connectivity index (χ0) is 9.10. The molecule has 1 radical (unpaired) electrons. The highest BCUT2D eigenvalue weighted by Crippen LogP contribution is 2.22. The van der Waals surface area contributed by atoms with Crippen LogP contribution in [0.3, 0.4) is 0 Å². The molecule has 1 aromatic rings.